The lowest BCUT2D eigenvalue weighted by Gasteiger charge is -2.32. The second-order valence-corrected chi connectivity index (χ2v) is 5.32. The second-order valence-electron chi connectivity index (χ2n) is 5.32. The number of aromatic nitrogens is 1. The molecule has 0 amide bonds. The van der Waals surface area contributed by atoms with Gasteiger partial charge in [0, 0.05) is 38.1 Å². The second kappa shape index (κ2) is 8.25. The summed E-state index contributed by atoms with van der Waals surface area (Å²) >= 11 is 0. The molecule has 1 atom stereocenters. The number of hydrogen-bond acceptors (Lipinski definition) is 4. The largest absolute Gasteiger partial charge is 0.329 e. The quantitative estimate of drug-likeness (QED) is 0.776. The molecular formula is C15H28N4. The first-order valence-corrected chi connectivity index (χ1v) is 7.09. The Bertz CT molecular complexity index is 365. The fourth-order valence-electron chi connectivity index (χ4n) is 2.34. The van der Waals surface area contributed by atoms with Crippen LogP contribution in [0.1, 0.15) is 30.5 Å². The highest BCUT2D eigenvalue weighted by Gasteiger charge is 2.20. The summed E-state index contributed by atoms with van der Waals surface area (Å²) in [5.74, 6) is 0. The Morgan fingerprint density at radius 3 is 2.53 bits per heavy atom. The van der Waals surface area contributed by atoms with Crippen LogP contribution in [-0.4, -0.2) is 55.1 Å². The van der Waals surface area contributed by atoms with Crippen molar-refractivity contribution in [1.29, 1.82) is 0 Å². The maximum atomic E-state index is 6.03. The van der Waals surface area contributed by atoms with Gasteiger partial charge in [0.2, 0.25) is 0 Å². The third-order valence-electron chi connectivity index (χ3n) is 3.45. The van der Waals surface area contributed by atoms with Crippen molar-refractivity contribution in [2.45, 2.75) is 26.3 Å². The molecule has 0 fully saturated rings. The van der Waals surface area contributed by atoms with Crippen LogP contribution in [0, 0.1) is 6.92 Å². The molecule has 0 saturated heterocycles. The van der Waals surface area contributed by atoms with Crippen LogP contribution in [0.3, 0.4) is 0 Å². The van der Waals surface area contributed by atoms with E-state index in [0.29, 0.717) is 6.54 Å². The molecular weight excluding hydrogens is 236 g/mol. The summed E-state index contributed by atoms with van der Waals surface area (Å²) in [5.41, 5.74) is 8.56. The highest BCUT2D eigenvalue weighted by atomic mass is 15.2. The number of nitrogens with zero attached hydrogens (tertiary/aromatic N) is 3. The van der Waals surface area contributed by atoms with Gasteiger partial charge in [-0.1, -0.05) is 6.92 Å². The van der Waals surface area contributed by atoms with Crippen LogP contribution in [0.2, 0.25) is 0 Å². The van der Waals surface area contributed by atoms with Crippen molar-refractivity contribution < 1.29 is 0 Å². The first kappa shape index (κ1) is 16.1. The molecule has 0 aliphatic heterocycles. The lowest BCUT2D eigenvalue weighted by Crippen LogP contribution is -2.39. The zero-order valence-electron chi connectivity index (χ0n) is 12.8. The van der Waals surface area contributed by atoms with Crippen molar-refractivity contribution in [2.75, 3.05) is 40.3 Å². The monoisotopic (exact) mass is 264 g/mol. The van der Waals surface area contributed by atoms with E-state index in [-0.39, 0.29) is 6.04 Å². The lowest BCUT2D eigenvalue weighted by atomic mass is 10.0. The van der Waals surface area contributed by atoms with E-state index in [1.807, 2.05) is 12.4 Å². The molecule has 0 spiro atoms. The molecule has 1 aromatic heterocycles. The van der Waals surface area contributed by atoms with Gasteiger partial charge >= 0.3 is 0 Å². The number of aryl methyl sites for hydroxylation is 1. The van der Waals surface area contributed by atoms with E-state index in [9.17, 15) is 0 Å². The number of hydrogen-bond donors (Lipinski definition) is 1. The third-order valence-corrected chi connectivity index (χ3v) is 3.45. The minimum Gasteiger partial charge on any atom is -0.329 e. The molecule has 0 aliphatic rings. The van der Waals surface area contributed by atoms with E-state index >= 15 is 0 Å². The summed E-state index contributed by atoms with van der Waals surface area (Å²) in [4.78, 5) is 8.95. The smallest absolute Gasteiger partial charge is 0.0488 e. The van der Waals surface area contributed by atoms with Gasteiger partial charge in [-0.3, -0.25) is 9.88 Å². The Hall–Kier alpha value is -0.970. The van der Waals surface area contributed by atoms with E-state index in [1.54, 1.807) is 0 Å². The number of pyridine rings is 1. The zero-order chi connectivity index (χ0) is 14.3. The Balaban J connectivity index is 2.86. The van der Waals surface area contributed by atoms with Gasteiger partial charge in [0.1, 0.15) is 0 Å². The van der Waals surface area contributed by atoms with Gasteiger partial charge in [-0.15, -0.1) is 0 Å². The summed E-state index contributed by atoms with van der Waals surface area (Å²) in [6.07, 6.45) is 4.95. The number of likely N-dealkylation sites (N-methyl/N-ethyl adjacent to an activating group) is 1. The van der Waals surface area contributed by atoms with Crippen molar-refractivity contribution in [3.05, 3.63) is 29.6 Å². The van der Waals surface area contributed by atoms with Gasteiger partial charge in [-0.25, -0.2) is 0 Å². The highest BCUT2D eigenvalue weighted by Crippen LogP contribution is 2.22. The topological polar surface area (TPSA) is 45.4 Å². The van der Waals surface area contributed by atoms with Crippen molar-refractivity contribution in [3.8, 4) is 0 Å². The van der Waals surface area contributed by atoms with E-state index < -0.39 is 0 Å². The summed E-state index contributed by atoms with van der Waals surface area (Å²) in [6.45, 7) is 8.15. The minimum atomic E-state index is 0.272. The molecule has 19 heavy (non-hydrogen) atoms. The van der Waals surface area contributed by atoms with Gasteiger partial charge in [0.05, 0.1) is 0 Å². The average molecular weight is 264 g/mol. The molecule has 4 nitrogen and oxygen atoms in total. The van der Waals surface area contributed by atoms with Gasteiger partial charge in [-0.2, -0.15) is 0 Å². The summed E-state index contributed by atoms with van der Waals surface area (Å²) in [7, 11) is 4.22. The molecule has 1 heterocycles. The Morgan fingerprint density at radius 2 is 2.00 bits per heavy atom. The molecule has 2 N–H and O–H groups in total. The molecule has 0 saturated carbocycles. The average Bonchev–Trinajstić information content (AvgIpc) is 2.38. The Labute approximate surface area is 117 Å². The van der Waals surface area contributed by atoms with Crippen LogP contribution in [0.5, 0.6) is 0 Å². The standard InChI is InChI=1S/C15H28N4/c1-5-8-19(10-9-18(3)4)15(11-16)14-12-17-7-6-13(14)2/h6-7,12,15H,5,8-11,16H2,1-4H3. The van der Waals surface area contributed by atoms with Crippen molar-refractivity contribution in [1.82, 2.24) is 14.8 Å². The molecule has 1 unspecified atom stereocenters. The van der Waals surface area contributed by atoms with Gasteiger partial charge in [-0.05, 0) is 51.2 Å². The van der Waals surface area contributed by atoms with Crippen molar-refractivity contribution >= 4 is 0 Å². The zero-order valence-corrected chi connectivity index (χ0v) is 12.8. The van der Waals surface area contributed by atoms with E-state index in [2.05, 4.69) is 48.8 Å². The molecule has 0 aromatic carbocycles. The number of rotatable bonds is 8. The molecule has 108 valence electrons. The van der Waals surface area contributed by atoms with E-state index in [0.717, 1.165) is 26.1 Å². The molecule has 4 heteroatoms. The number of nitrogens with two attached hydrogens (primary N) is 1. The minimum absolute atomic E-state index is 0.272. The Kier molecular flexibility index (Phi) is 6.99. The normalized spacial score (nSPS) is 13.2. The van der Waals surface area contributed by atoms with Crippen LogP contribution >= 0.6 is 0 Å². The van der Waals surface area contributed by atoms with Crippen LogP contribution in [0.25, 0.3) is 0 Å². The summed E-state index contributed by atoms with van der Waals surface area (Å²) < 4.78 is 0. The van der Waals surface area contributed by atoms with E-state index in [1.165, 1.54) is 11.1 Å². The van der Waals surface area contributed by atoms with E-state index in [4.69, 9.17) is 5.73 Å². The van der Waals surface area contributed by atoms with Crippen LogP contribution in [-0.2, 0) is 0 Å². The highest BCUT2D eigenvalue weighted by molar-refractivity contribution is 5.25. The molecule has 0 aliphatic carbocycles. The van der Waals surface area contributed by atoms with Gasteiger partial charge in [0.15, 0.2) is 0 Å². The molecule has 1 rings (SSSR count). The maximum Gasteiger partial charge on any atom is 0.0488 e. The van der Waals surface area contributed by atoms with Crippen LogP contribution in [0.4, 0.5) is 0 Å². The first-order valence-electron chi connectivity index (χ1n) is 7.09. The fraction of sp³-hybridized carbons (Fsp3) is 0.667. The maximum absolute atomic E-state index is 6.03. The Morgan fingerprint density at radius 1 is 1.26 bits per heavy atom. The van der Waals surface area contributed by atoms with Crippen LogP contribution in [0.15, 0.2) is 18.5 Å². The SMILES string of the molecule is CCCN(CCN(C)C)C(CN)c1cnccc1C. The molecule has 0 bridgehead atoms. The summed E-state index contributed by atoms with van der Waals surface area (Å²) in [5, 5.41) is 0. The predicted octanol–water partition coefficient (Wildman–Crippen LogP) is 1.66. The van der Waals surface area contributed by atoms with Gasteiger partial charge < -0.3 is 10.6 Å². The lowest BCUT2D eigenvalue weighted by molar-refractivity contribution is 0.182. The summed E-state index contributed by atoms with van der Waals surface area (Å²) in [6, 6.07) is 2.34. The molecule has 0 radical (unpaired) electrons. The fourth-order valence-corrected chi connectivity index (χ4v) is 2.34. The third kappa shape index (κ3) is 4.90. The first-order chi connectivity index (χ1) is 9.10. The van der Waals surface area contributed by atoms with Crippen molar-refractivity contribution in [2.24, 2.45) is 5.73 Å². The van der Waals surface area contributed by atoms with Crippen molar-refractivity contribution in [3.63, 3.8) is 0 Å². The predicted molar refractivity (Wildman–Crippen MR) is 81.2 cm³/mol. The van der Waals surface area contributed by atoms with Gasteiger partial charge in [0.25, 0.3) is 0 Å². The molecule has 1 aromatic rings. The van der Waals surface area contributed by atoms with Crippen LogP contribution < -0.4 is 5.73 Å².